The zero-order valence-electron chi connectivity index (χ0n) is 14.2. The summed E-state index contributed by atoms with van der Waals surface area (Å²) < 4.78 is 20.2. The van der Waals surface area contributed by atoms with E-state index in [4.69, 9.17) is 11.3 Å². The molecular weight excluding hydrogens is 355 g/mol. The predicted octanol–water partition coefficient (Wildman–Crippen LogP) is 3.25. The van der Waals surface area contributed by atoms with Gasteiger partial charge in [-0.15, -0.1) is 6.57 Å². The zero-order chi connectivity index (χ0) is 19.6. The zero-order valence-corrected chi connectivity index (χ0v) is 14.2. The number of hydrogen-bond donors (Lipinski definition) is 0. The fraction of sp³-hybridized carbons (Fsp3) is 0.167. The number of halogens is 1. The van der Waals surface area contributed by atoms with Gasteiger partial charge in [-0.05, 0) is 17.7 Å². The van der Waals surface area contributed by atoms with Gasteiger partial charge in [0.05, 0.1) is 30.0 Å². The summed E-state index contributed by atoms with van der Waals surface area (Å²) in [6.45, 7) is 7.29. The molecule has 0 aliphatic carbocycles. The van der Waals surface area contributed by atoms with Gasteiger partial charge in [0.1, 0.15) is 17.1 Å². The molecule has 0 amide bonds. The number of methoxy groups -OCH3 is 1. The van der Waals surface area contributed by atoms with Gasteiger partial charge in [0.25, 0.3) is 5.69 Å². The summed E-state index contributed by atoms with van der Waals surface area (Å²) in [5.41, 5.74) is -0.285. The van der Waals surface area contributed by atoms with Crippen LogP contribution in [0.4, 0.5) is 16.0 Å². The molecule has 0 radical (unpaired) electrons. The quantitative estimate of drug-likeness (QED) is 0.392. The SMILES string of the molecule is [C-]#[N+]c1nc2cc([N+](=O)[O-])ccc2c(=O)n1CCc1ccc(OC)cc1F. The van der Waals surface area contributed by atoms with E-state index < -0.39 is 16.3 Å². The fourth-order valence-corrected chi connectivity index (χ4v) is 2.69. The molecule has 1 aromatic heterocycles. The Morgan fingerprint density at radius 3 is 2.74 bits per heavy atom. The minimum absolute atomic E-state index is 0.0414. The van der Waals surface area contributed by atoms with Crippen molar-refractivity contribution in [3.8, 4) is 5.75 Å². The Morgan fingerprint density at radius 1 is 1.33 bits per heavy atom. The number of nitro benzene ring substituents is 1. The molecule has 0 N–H and O–H groups in total. The maximum atomic E-state index is 14.1. The molecule has 0 saturated carbocycles. The number of hydrogen-bond acceptors (Lipinski definition) is 5. The van der Waals surface area contributed by atoms with E-state index in [1.54, 1.807) is 12.1 Å². The number of nitro groups is 1. The van der Waals surface area contributed by atoms with Crippen LogP contribution < -0.4 is 10.3 Å². The number of rotatable bonds is 5. The average Bonchev–Trinajstić information content (AvgIpc) is 2.67. The number of aryl methyl sites for hydroxylation is 1. The lowest BCUT2D eigenvalue weighted by atomic mass is 10.1. The molecule has 0 spiro atoms. The van der Waals surface area contributed by atoms with E-state index in [1.807, 2.05) is 0 Å². The van der Waals surface area contributed by atoms with E-state index in [-0.39, 0.29) is 35.5 Å². The van der Waals surface area contributed by atoms with Crippen molar-refractivity contribution in [1.29, 1.82) is 0 Å². The monoisotopic (exact) mass is 368 g/mol. The molecule has 136 valence electrons. The van der Waals surface area contributed by atoms with Crippen LogP contribution >= 0.6 is 0 Å². The summed E-state index contributed by atoms with van der Waals surface area (Å²) in [4.78, 5) is 30.3. The summed E-state index contributed by atoms with van der Waals surface area (Å²) in [7, 11) is 1.43. The second-order valence-corrected chi connectivity index (χ2v) is 5.65. The molecular formula is C18H13FN4O4. The third-order valence-corrected chi connectivity index (χ3v) is 4.09. The van der Waals surface area contributed by atoms with Gasteiger partial charge in [-0.25, -0.2) is 4.39 Å². The van der Waals surface area contributed by atoms with E-state index >= 15 is 0 Å². The van der Waals surface area contributed by atoms with Gasteiger partial charge in [0, 0.05) is 18.6 Å². The molecule has 27 heavy (non-hydrogen) atoms. The Hall–Kier alpha value is -3.80. The van der Waals surface area contributed by atoms with Crippen molar-refractivity contribution in [2.45, 2.75) is 13.0 Å². The van der Waals surface area contributed by atoms with Crippen molar-refractivity contribution >= 4 is 22.5 Å². The highest BCUT2D eigenvalue weighted by atomic mass is 19.1. The van der Waals surface area contributed by atoms with Gasteiger partial charge in [-0.2, -0.15) is 4.98 Å². The first-order chi connectivity index (χ1) is 12.9. The van der Waals surface area contributed by atoms with Crippen LogP contribution in [-0.2, 0) is 13.0 Å². The first-order valence-electron chi connectivity index (χ1n) is 7.83. The van der Waals surface area contributed by atoms with E-state index in [9.17, 15) is 19.3 Å². The van der Waals surface area contributed by atoms with Gasteiger partial charge >= 0.3 is 11.5 Å². The second-order valence-electron chi connectivity index (χ2n) is 5.65. The molecule has 9 heteroatoms. The van der Waals surface area contributed by atoms with Crippen LogP contribution in [-0.4, -0.2) is 21.6 Å². The first kappa shape index (κ1) is 18.0. The topological polar surface area (TPSA) is 91.6 Å². The molecule has 0 bridgehead atoms. The van der Waals surface area contributed by atoms with Crippen LogP contribution in [0, 0.1) is 22.5 Å². The third-order valence-electron chi connectivity index (χ3n) is 4.09. The predicted molar refractivity (Wildman–Crippen MR) is 95.6 cm³/mol. The molecule has 2 aromatic carbocycles. The van der Waals surface area contributed by atoms with Crippen molar-refractivity contribution in [1.82, 2.24) is 9.55 Å². The lowest BCUT2D eigenvalue weighted by molar-refractivity contribution is -0.384. The Bertz CT molecular complexity index is 1150. The normalized spacial score (nSPS) is 10.6. The number of non-ortho nitro benzene ring substituents is 1. The van der Waals surface area contributed by atoms with Crippen molar-refractivity contribution < 1.29 is 14.1 Å². The van der Waals surface area contributed by atoms with Crippen molar-refractivity contribution in [3.05, 3.63) is 79.7 Å². The van der Waals surface area contributed by atoms with Gasteiger partial charge in [-0.3, -0.25) is 19.5 Å². The lowest BCUT2D eigenvalue weighted by Gasteiger charge is -2.09. The average molecular weight is 368 g/mol. The van der Waals surface area contributed by atoms with Gasteiger partial charge in [0.2, 0.25) is 0 Å². The molecule has 1 heterocycles. The number of nitrogens with zero attached hydrogens (tertiary/aromatic N) is 4. The summed E-state index contributed by atoms with van der Waals surface area (Å²) in [5, 5.41) is 11.0. The minimum atomic E-state index is -0.601. The van der Waals surface area contributed by atoms with Crippen LogP contribution in [0.15, 0.2) is 41.2 Å². The van der Waals surface area contributed by atoms with Crippen LogP contribution in [0.5, 0.6) is 5.75 Å². The molecule has 8 nitrogen and oxygen atoms in total. The molecule has 0 saturated heterocycles. The highest BCUT2D eigenvalue weighted by molar-refractivity contribution is 5.81. The number of benzene rings is 2. The summed E-state index contributed by atoms with van der Waals surface area (Å²) in [6.07, 6.45) is 0.165. The van der Waals surface area contributed by atoms with E-state index in [0.717, 1.165) is 10.6 Å². The molecule has 0 fully saturated rings. The fourth-order valence-electron chi connectivity index (χ4n) is 2.69. The van der Waals surface area contributed by atoms with Crippen molar-refractivity contribution in [3.63, 3.8) is 0 Å². The Kier molecular flexibility index (Phi) is 4.81. The van der Waals surface area contributed by atoms with Gasteiger partial charge < -0.3 is 9.58 Å². The smallest absolute Gasteiger partial charge is 0.342 e. The molecule has 0 unspecified atom stereocenters. The lowest BCUT2D eigenvalue weighted by Crippen LogP contribution is -2.22. The summed E-state index contributed by atoms with van der Waals surface area (Å²) in [5.74, 6) is -0.303. The molecule has 3 rings (SSSR count). The molecule has 3 aromatic rings. The molecule has 0 aliphatic heterocycles. The van der Waals surface area contributed by atoms with Crippen LogP contribution in [0.25, 0.3) is 15.7 Å². The van der Waals surface area contributed by atoms with E-state index in [0.29, 0.717) is 11.3 Å². The summed E-state index contributed by atoms with van der Waals surface area (Å²) >= 11 is 0. The Morgan fingerprint density at radius 2 is 2.11 bits per heavy atom. The van der Waals surface area contributed by atoms with Crippen molar-refractivity contribution in [2.75, 3.05) is 7.11 Å². The maximum Gasteiger partial charge on any atom is 0.342 e. The summed E-state index contributed by atoms with van der Waals surface area (Å²) in [6, 6.07) is 8.06. The maximum absolute atomic E-state index is 14.1. The largest absolute Gasteiger partial charge is 0.497 e. The number of fused-ring (bicyclic) bond motifs is 1. The van der Waals surface area contributed by atoms with Gasteiger partial charge in [-0.1, -0.05) is 6.07 Å². The molecule has 0 atom stereocenters. The molecule has 0 aliphatic rings. The number of aromatic nitrogens is 2. The van der Waals surface area contributed by atoms with E-state index in [1.165, 1.54) is 25.3 Å². The van der Waals surface area contributed by atoms with Crippen LogP contribution in [0.1, 0.15) is 5.56 Å². The standard InChI is InChI=1S/C18H13FN4O4/c1-20-18-21-16-9-12(23(25)26)4-6-14(16)17(24)22(18)8-7-11-3-5-13(27-2)10-15(11)19/h3-6,9-10H,7-8H2,2H3. The Labute approximate surface area is 152 Å². The van der Waals surface area contributed by atoms with Crippen molar-refractivity contribution in [2.24, 2.45) is 0 Å². The van der Waals surface area contributed by atoms with Crippen LogP contribution in [0.3, 0.4) is 0 Å². The van der Waals surface area contributed by atoms with Crippen LogP contribution in [0.2, 0.25) is 0 Å². The van der Waals surface area contributed by atoms with E-state index in [2.05, 4.69) is 9.83 Å². The highest BCUT2D eigenvalue weighted by Crippen LogP contribution is 2.21. The second kappa shape index (κ2) is 7.21. The minimum Gasteiger partial charge on any atom is -0.497 e. The first-order valence-corrected chi connectivity index (χ1v) is 7.83. The number of ether oxygens (including phenoxy) is 1. The van der Waals surface area contributed by atoms with Gasteiger partial charge in [0.15, 0.2) is 0 Å². The third kappa shape index (κ3) is 3.46. The highest BCUT2D eigenvalue weighted by Gasteiger charge is 2.17. The Balaban J connectivity index is 2.00.